The molecule has 0 amide bonds. The lowest BCUT2D eigenvalue weighted by atomic mass is 10.2. The number of hydrogen-bond donors (Lipinski definition) is 0. The highest BCUT2D eigenvalue weighted by molar-refractivity contribution is 5.83. The molecular formula is C22H22N6O8. The summed E-state index contributed by atoms with van der Waals surface area (Å²) in [5, 5.41) is 30.9. The van der Waals surface area contributed by atoms with Crippen molar-refractivity contribution in [3.8, 4) is 0 Å². The average molecular weight is 498 g/mol. The van der Waals surface area contributed by atoms with E-state index in [1.165, 1.54) is 33.6 Å². The quantitative estimate of drug-likeness (QED) is 0.199. The summed E-state index contributed by atoms with van der Waals surface area (Å²) in [7, 11) is 0. The monoisotopic (exact) mass is 498 g/mol. The third kappa shape index (κ3) is 6.16. The van der Waals surface area contributed by atoms with Gasteiger partial charge in [0.1, 0.15) is 13.1 Å². The molecule has 36 heavy (non-hydrogen) atoms. The molecule has 14 heteroatoms. The normalized spacial score (nSPS) is 10.5. The Kier molecular flexibility index (Phi) is 8.22. The van der Waals surface area contributed by atoms with Gasteiger partial charge in [-0.25, -0.2) is 0 Å². The van der Waals surface area contributed by atoms with Crippen molar-refractivity contribution in [3.05, 3.63) is 69.0 Å². The van der Waals surface area contributed by atoms with Gasteiger partial charge in [0, 0.05) is 35.0 Å². The van der Waals surface area contributed by atoms with Crippen LogP contribution in [-0.4, -0.2) is 54.6 Å². The summed E-state index contributed by atoms with van der Waals surface area (Å²) < 4.78 is 12.4. The first-order chi connectivity index (χ1) is 17.2. The second kappa shape index (κ2) is 11.5. The molecular weight excluding hydrogens is 476 g/mol. The first kappa shape index (κ1) is 25.7. The predicted octanol–water partition coefficient (Wildman–Crippen LogP) is 3.02. The Morgan fingerprint density at radius 1 is 0.778 bits per heavy atom. The van der Waals surface area contributed by atoms with Crippen molar-refractivity contribution >= 4 is 45.1 Å². The number of ether oxygens (including phenoxy) is 2. The van der Waals surface area contributed by atoms with Crippen LogP contribution in [0.5, 0.6) is 0 Å². The van der Waals surface area contributed by atoms with Crippen LogP contribution in [0.25, 0.3) is 21.8 Å². The van der Waals surface area contributed by atoms with E-state index in [-0.39, 0.29) is 37.7 Å². The number of carbonyl (C=O) groups excluding carboxylic acids is 2. The number of esters is 2. The number of fused-ring (bicyclic) bond motifs is 2. The third-order valence-electron chi connectivity index (χ3n) is 4.85. The maximum Gasteiger partial charge on any atom is 0.327 e. The van der Waals surface area contributed by atoms with Crippen LogP contribution in [-0.2, 0) is 32.2 Å². The van der Waals surface area contributed by atoms with Crippen molar-refractivity contribution in [3.63, 3.8) is 0 Å². The molecule has 2 aromatic carbocycles. The molecule has 4 rings (SSSR count). The van der Waals surface area contributed by atoms with Gasteiger partial charge >= 0.3 is 11.9 Å². The number of rotatable bonds is 8. The van der Waals surface area contributed by atoms with Gasteiger partial charge in [-0.1, -0.05) is 0 Å². The first-order valence-corrected chi connectivity index (χ1v) is 10.7. The number of benzene rings is 2. The minimum atomic E-state index is -0.485. The number of nitro benzene ring substituents is 2. The summed E-state index contributed by atoms with van der Waals surface area (Å²) in [6.07, 6.45) is 3.11. The number of aromatic nitrogens is 4. The molecule has 0 unspecified atom stereocenters. The van der Waals surface area contributed by atoms with E-state index in [2.05, 4.69) is 10.2 Å². The standard InChI is InChI=1S/2C11H11N3O4/c2*1-2-18-11(15)7-13-10-5-9(14(16)17)4-3-8(10)6-12-13/h2*3-6H,2,7H2,1H3. The lowest BCUT2D eigenvalue weighted by Gasteiger charge is -2.03. The minimum absolute atomic E-state index is 0.0342. The van der Waals surface area contributed by atoms with Crippen LogP contribution in [0.2, 0.25) is 0 Å². The Hall–Kier alpha value is -4.88. The van der Waals surface area contributed by atoms with Crippen LogP contribution in [0.4, 0.5) is 11.4 Å². The molecule has 0 aliphatic carbocycles. The molecule has 2 aromatic heterocycles. The van der Waals surface area contributed by atoms with Crippen molar-refractivity contribution < 1.29 is 28.9 Å². The highest BCUT2D eigenvalue weighted by Gasteiger charge is 2.13. The Balaban J connectivity index is 0.000000201. The number of nitro groups is 2. The number of non-ortho nitro benzene ring substituents is 2. The van der Waals surface area contributed by atoms with E-state index in [0.717, 1.165) is 10.8 Å². The lowest BCUT2D eigenvalue weighted by Crippen LogP contribution is -2.14. The van der Waals surface area contributed by atoms with E-state index in [1.807, 2.05) is 0 Å². The molecule has 0 fully saturated rings. The van der Waals surface area contributed by atoms with E-state index < -0.39 is 21.8 Å². The van der Waals surface area contributed by atoms with E-state index in [1.54, 1.807) is 38.4 Å². The smallest absolute Gasteiger partial charge is 0.327 e. The summed E-state index contributed by atoms with van der Waals surface area (Å²) in [6.45, 7) is 3.89. The Morgan fingerprint density at radius 2 is 1.17 bits per heavy atom. The van der Waals surface area contributed by atoms with Gasteiger partial charge in [-0.3, -0.25) is 39.2 Å². The second-order valence-corrected chi connectivity index (χ2v) is 7.21. The van der Waals surface area contributed by atoms with Gasteiger partial charge in [0.05, 0.1) is 46.5 Å². The van der Waals surface area contributed by atoms with Crippen molar-refractivity contribution in [2.45, 2.75) is 26.9 Å². The Morgan fingerprint density at radius 3 is 1.50 bits per heavy atom. The molecule has 4 aromatic rings. The Labute approximate surface area is 203 Å². The summed E-state index contributed by atoms with van der Waals surface area (Å²) in [5.41, 5.74) is 1.01. The zero-order valence-electron chi connectivity index (χ0n) is 19.4. The first-order valence-electron chi connectivity index (χ1n) is 10.7. The van der Waals surface area contributed by atoms with Gasteiger partial charge in [0.15, 0.2) is 0 Å². The molecule has 0 spiro atoms. The molecule has 0 radical (unpaired) electrons. The van der Waals surface area contributed by atoms with E-state index in [0.29, 0.717) is 11.0 Å². The maximum absolute atomic E-state index is 11.4. The molecule has 0 aliphatic heterocycles. The van der Waals surface area contributed by atoms with E-state index in [9.17, 15) is 29.8 Å². The Bertz CT molecular complexity index is 1320. The molecule has 0 bridgehead atoms. The maximum atomic E-state index is 11.4. The van der Waals surface area contributed by atoms with Crippen LogP contribution >= 0.6 is 0 Å². The van der Waals surface area contributed by atoms with Gasteiger partial charge in [0.25, 0.3) is 11.4 Å². The molecule has 0 atom stereocenters. The zero-order valence-corrected chi connectivity index (χ0v) is 19.4. The van der Waals surface area contributed by atoms with Crippen LogP contribution in [0.3, 0.4) is 0 Å². The molecule has 188 valence electrons. The number of hydrogen-bond acceptors (Lipinski definition) is 10. The molecule has 0 saturated heterocycles. The number of nitrogens with zero attached hydrogens (tertiary/aromatic N) is 6. The summed E-state index contributed by atoms with van der Waals surface area (Å²) in [5.74, 6) is -0.844. The fraction of sp³-hybridized carbons (Fsp3) is 0.273. The van der Waals surface area contributed by atoms with Gasteiger partial charge < -0.3 is 9.47 Å². The van der Waals surface area contributed by atoms with Gasteiger partial charge in [-0.05, 0) is 26.0 Å². The van der Waals surface area contributed by atoms with Crippen LogP contribution in [0.1, 0.15) is 13.8 Å². The van der Waals surface area contributed by atoms with Crippen molar-refractivity contribution in [2.24, 2.45) is 0 Å². The molecule has 0 aliphatic rings. The predicted molar refractivity (Wildman–Crippen MR) is 126 cm³/mol. The van der Waals surface area contributed by atoms with Crippen LogP contribution in [0, 0.1) is 20.2 Å². The van der Waals surface area contributed by atoms with E-state index >= 15 is 0 Å². The van der Waals surface area contributed by atoms with Gasteiger partial charge in [0.2, 0.25) is 0 Å². The average Bonchev–Trinajstić information content (AvgIpc) is 3.43. The van der Waals surface area contributed by atoms with Crippen LogP contribution < -0.4 is 0 Å². The second-order valence-electron chi connectivity index (χ2n) is 7.21. The van der Waals surface area contributed by atoms with Crippen molar-refractivity contribution in [2.75, 3.05) is 13.2 Å². The number of carbonyl (C=O) groups is 2. The fourth-order valence-electron chi connectivity index (χ4n) is 3.25. The van der Waals surface area contributed by atoms with Crippen molar-refractivity contribution in [1.29, 1.82) is 0 Å². The van der Waals surface area contributed by atoms with Gasteiger partial charge in [-0.15, -0.1) is 0 Å². The van der Waals surface area contributed by atoms with Crippen molar-refractivity contribution in [1.82, 2.24) is 19.6 Å². The summed E-state index contributed by atoms with van der Waals surface area (Å²) in [4.78, 5) is 43.1. The summed E-state index contributed by atoms with van der Waals surface area (Å²) in [6, 6.07) is 8.78. The fourth-order valence-corrected chi connectivity index (χ4v) is 3.25. The molecule has 14 nitrogen and oxygen atoms in total. The molecule has 0 N–H and O–H groups in total. The van der Waals surface area contributed by atoms with Crippen LogP contribution in [0.15, 0.2) is 48.8 Å². The van der Waals surface area contributed by atoms with E-state index in [4.69, 9.17) is 9.47 Å². The topological polar surface area (TPSA) is 175 Å². The largest absolute Gasteiger partial charge is 0.465 e. The molecule has 2 heterocycles. The zero-order chi connectivity index (χ0) is 26.2. The minimum Gasteiger partial charge on any atom is -0.465 e. The highest BCUT2D eigenvalue weighted by atomic mass is 16.6. The molecule has 0 saturated carbocycles. The SMILES string of the molecule is CCOC(=O)Cn1ncc2ccc([N+](=O)[O-])cc21.CCOC(=O)Cn1ncc2ccc([N+](=O)[O-])cc21. The summed E-state index contributed by atoms with van der Waals surface area (Å²) >= 11 is 0. The highest BCUT2D eigenvalue weighted by Crippen LogP contribution is 2.21. The van der Waals surface area contributed by atoms with Gasteiger partial charge in [-0.2, -0.15) is 10.2 Å². The lowest BCUT2D eigenvalue weighted by molar-refractivity contribution is -0.384. The third-order valence-corrected chi connectivity index (χ3v) is 4.85.